The molecule has 130 valence electrons. The van der Waals surface area contributed by atoms with Crippen LogP contribution in [0, 0.1) is 6.92 Å². The third kappa shape index (κ3) is 5.06. The number of pyridine rings is 1. The molecule has 0 spiro atoms. The van der Waals surface area contributed by atoms with E-state index < -0.39 is 5.54 Å². The van der Waals surface area contributed by atoms with Crippen molar-refractivity contribution in [3.05, 3.63) is 23.5 Å². The zero-order chi connectivity index (χ0) is 15.8. The monoisotopic (exact) mass is 361 g/mol. The number of carbonyl (C=O) groups is 1. The first-order chi connectivity index (χ1) is 9.69. The average Bonchev–Trinajstić information content (AvgIpc) is 2.76. The summed E-state index contributed by atoms with van der Waals surface area (Å²) in [5.74, 6) is -0.155. The highest BCUT2D eigenvalue weighted by atomic mass is 35.5. The molecule has 2 aromatic rings. The molecule has 0 aliphatic carbocycles. The lowest BCUT2D eigenvalue weighted by molar-refractivity contribution is 0.0945. The Labute approximate surface area is 149 Å². The van der Waals surface area contributed by atoms with Gasteiger partial charge in [0.25, 0.3) is 5.91 Å². The molecule has 0 saturated carbocycles. The van der Waals surface area contributed by atoms with Gasteiger partial charge < -0.3 is 11.1 Å². The Hall–Kier alpha value is -1.37. The lowest BCUT2D eigenvalue weighted by Crippen LogP contribution is -2.45. The van der Waals surface area contributed by atoms with Crippen LogP contribution in [0.1, 0.15) is 49.8 Å². The summed E-state index contributed by atoms with van der Waals surface area (Å²) >= 11 is 0. The molecule has 0 aliphatic rings. The third-order valence-corrected chi connectivity index (χ3v) is 3.20. The van der Waals surface area contributed by atoms with Gasteiger partial charge in [0.05, 0.1) is 17.5 Å². The van der Waals surface area contributed by atoms with Crippen molar-refractivity contribution in [3.8, 4) is 0 Å². The number of aryl methyl sites for hydroxylation is 1. The SMILES string of the molecule is Cc1nc2c(cnn2C(C)C)cc1C(=O)NCC(C)(C)N.Cl.Cl. The standard InChI is InChI=1S/C15H23N5O.2ClH/c1-9(2)20-13-11(7-18-20)6-12(10(3)19-13)14(21)17-8-15(4,5)16;;/h6-7,9H,8,16H2,1-5H3,(H,17,21);2*1H. The van der Waals surface area contributed by atoms with Gasteiger partial charge in [0, 0.05) is 23.5 Å². The average molecular weight is 362 g/mol. The minimum atomic E-state index is -0.441. The van der Waals surface area contributed by atoms with Gasteiger partial charge in [-0.05, 0) is 40.7 Å². The van der Waals surface area contributed by atoms with Crippen molar-refractivity contribution in [2.75, 3.05) is 6.54 Å². The molecule has 0 fully saturated rings. The number of rotatable bonds is 4. The fourth-order valence-corrected chi connectivity index (χ4v) is 2.08. The first-order valence-electron chi connectivity index (χ1n) is 7.11. The molecule has 2 aromatic heterocycles. The minimum absolute atomic E-state index is 0. The first-order valence-corrected chi connectivity index (χ1v) is 7.11. The maximum Gasteiger partial charge on any atom is 0.253 e. The molecule has 0 unspecified atom stereocenters. The maximum atomic E-state index is 12.3. The number of fused-ring (bicyclic) bond motifs is 1. The van der Waals surface area contributed by atoms with Crippen molar-refractivity contribution in [1.29, 1.82) is 0 Å². The second-order valence-electron chi connectivity index (χ2n) is 6.39. The molecule has 0 bridgehead atoms. The Balaban J connectivity index is 0.00000242. The Morgan fingerprint density at radius 3 is 2.52 bits per heavy atom. The minimum Gasteiger partial charge on any atom is -0.350 e. The van der Waals surface area contributed by atoms with Gasteiger partial charge >= 0.3 is 0 Å². The molecule has 0 radical (unpaired) electrons. The number of hydrogen-bond donors (Lipinski definition) is 2. The van der Waals surface area contributed by atoms with Crippen LogP contribution in [0.25, 0.3) is 11.0 Å². The summed E-state index contributed by atoms with van der Waals surface area (Å²) in [5, 5.41) is 8.03. The maximum absolute atomic E-state index is 12.3. The summed E-state index contributed by atoms with van der Waals surface area (Å²) in [6.07, 6.45) is 1.74. The van der Waals surface area contributed by atoms with Crippen LogP contribution in [0.3, 0.4) is 0 Å². The summed E-state index contributed by atoms with van der Waals surface area (Å²) in [4.78, 5) is 16.8. The lowest BCUT2D eigenvalue weighted by atomic mass is 10.1. The lowest BCUT2D eigenvalue weighted by Gasteiger charge is -2.19. The van der Waals surface area contributed by atoms with E-state index in [9.17, 15) is 4.79 Å². The van der Waals surface area contributed by atoms with E-state index in [4.69, 9.17) is 5.73 Å². The molecule has 0 saturated heterocycles. The van der Waals surface area contributed by atoms with E-state index in [0.717, 1.165) is 11.0 Å². The van der Waals surface area contributed by atoms with Gasteiger partial charge in [-0.3, -0.25) is 4.79 Å². The predicted molar refractivity (Wildman–Crippen MR) is 97.7 cm³/mol. The number of nitrogens with zero attached hydrogens (tertiary/aromatic N) is 3. The summed E-state index contributed by atoms with van der Waals surface area (Å²) < 4.78 is 1.85. The molecule has 23 heavy (non-hydrogen) atoms. The van der Waals surface area contributed by atoms with Gasteiger partial charge in [-0.1, -0.05) is 0 Å². The van der Waals surface area contributed by atoms with Gasteiger partial charge in [0.1, 0.15) is 0 Å². The Morgan fingerprint density at radius 2 is 2.00 bits per heavy atom. The van der Waals surface area contributed by atoms with E-state index >= 15 is 0 Å². The Bertz CT molecular complexity index is 676. The summed E-state index contributed by atoms with van der Waals surface area (Å²) in [5.41, 5.74) is 7.50. The third-order valence-electron chi connectivity index (χ3n) is 3.20. The molecule has 0 aromatic carbocycles. The molecule has 2 rings (SSSR count). The highest BCUT2D eigenvalue weighted by molar-refractivity contribution is 5.98. The molecular weight excluding hydrogens is 337 g/mol. The number of nitrogens with two attached hydrogens (primary N) is 1. The van der Waals surface area contributed by atoms with Crippen LogP contribution in [0.2, 0.25) is 0 Å². The first kappa shape index (κ1) is 21.6. The van der Waals surface area contributed by atoms with Crippen molar-refractivity contribution in [1.82, 2.24) is 20.1 Å². The highest BCUT2D eigenvalue weighted by Gasteiger charge is 2.17. The predicted octanol–water partition coefficient (Wildman–Crippen LogP) is 2.63. The van der Waals surface area contributed by atoms with Crippen LogP contribution in [0.5, 0.6) is 0 Å². The summed E-state index contributed by atoms with van der Waals surface area (Å²) in [6.45, 7) is 10.1. The molecule has 1 amide bonds. The van der Waals surface area contributed by atoms with E-state index in [0.29, 0.717) is 17.8 Å². The van der Waals surface area contributed by atoms with E-state index in [2.05, 4.69) is 15.4 Å². The van der Waals surface area contributed by atoms with Crippen molar-refractivity contribution >= 4 is 41.8 Å². The smallest absolute Gasteiger partial charge is 0.253 e. The number of amides is 1. The molecular formula is C15H25Cl2N5O. The van der Waals surface area contributed by atoms with Gasteiger partial charge in [0.2, 0.25) is 0 Å². The van der Waals surface area contributed by atoms with Crippen LogP contribution < -0.4 is 11.1 Å². The summed E-state index contributed by atoms with van der Waals surface area (Å²) in [6, 6.07) is 2.06. The second kappa shape index (κ2) is 7.95. The zero-order valence-corrected chi connectivity index (χ0v) is 15.7. The van der Waals surface area contributed by atoms with E-state index in [1.165, 1.54) is 0 Å². The van der Waals surface area contributed by atoms with Gasteiger partial charge in [-0.25, -0.2) is 9.67 Å². The van der Waals surface area contributed by atoms with Gasteiger partial charge in [0.15, 0.2) is 5.65 Å². The Morgan fingerprint density at radius 1 is 1.39 bits per heavy atom. The topological polar surface area (TPSA) is 85.8 Å². The second-order valence-corrected chi connectivity index (χ2v) is 6.39. The molecule has 3 N–H and O–H groups in total. The number of hydrogen-bond acceptors (Lipinski definition) is 4. The van der Waals surface area contributed by atoms with Crippen molar-refractivity contribution < 1.29 is 4.79 Å². The number of aromatic nitrogens is 3. The summed E-state index contributed by atoms with van der Waals surface area (Å²) in [7, 11) is 0. The van der Waals surface area contributed by atoms with Crippen LogP contribution in [-0.2, 0) is 0 Å². The fourth-order valence-electron chi connectivity index (χ4n) is 2.08. The molecule has 0 atom stereocenters. The quantitative estimate of drug-likeness (QED) is 0.876. The fraction of sp³-hybridized carbons (Fsp3) is 0.533. The normalized spacial score (nSPS) is 11.1. The van der Waals surface area contributed by atoms with E-state index in [1.807, 2.05) is 45.4 Å². The van der Waals surface area contributed by atoms with E-state index in [-0.39, 0.29) is 36.8 Å². The molecule has 8 heteroatoms. The zero-order valence-electron chi connectivity index (χ0n) is 14.1. The molecule has 0 aliphatic heterocycles. The van der Waals surface area contributed by atoms with Crippen molar-refractivity contribution in [2.24, 2.45) is 5.73 Å². The van der Waals surface area contributed by atoms with Crippen LogP contribution in [0.15, 0.2) is 12.3 Å². The molecule has 6 nitrogen and oxygen atoms in total. The van der Waals surface area contributed by atoms with Gasteiger partial charge in [-0.2, -0.15) is 5.10 Å². The highest BCUT2D eigenvalue weighted by Crippen LogP contribution is 2.19. The van der Waals surface area contributed by atoms with Crippen molar-refractivity contribution in [2.45, 2.75) is 46.2 Å². The van der Waals surface area contributed by atoms with Gasteiger partial charge in [-0.15, -0.1) is 24.8 Å². The number of carbonyl (C=O) groups excluding carboxylic acids is 1. The Kier molecular flexibility index (Phi) is 7.47. The van der Waals surface area contributed by atoms with Crippen LogP contribution >= 0.6 is 24.8 Å². The number of nitrogens with one attached hydrogen (secondary N) is 1. The van der Waals surface area contributed by atoms with E-state index in [1.54, 1.807) is 6.20 Å². The molecule has 2 heterocycles. The van der Waals surface area contributed by atoms with Crippen molar-refractivity contribution in [3.63, 3.8) is 0 Å². The van der Waals surface area contributed by atoms with Crippen LogP contribution in [-0.4, -0.2) is 32.8 Å². The largest absolute Gasteiger partial charge is 0.350 e. The van der Waals surface area contributed by atoms with Crippen LogP contribution in [0.4, 0.5) is 0 Å². The number of halogens is 2.